The van der Waals surface area contributed by atoms with E-state index in [0.29, 0.717) is 22.9 Å². The van der Waals surface area contributed by atoms with E-state index < -0.39 is 6.09 Å². The van der Waals surface area contributed by atoms with E-state index in [9.17, 15) is 4.79 Å². The van der Waals surface area contributed by atoms with E-state index in [-0.39, 0.29) is 6.61 Å². The number of rotatable bonds is 6. The second-order valence-electron chi connectivity index (χ2n) is 4.59. The van der Waals surface area contributed by atoms with Gasteiger partial charge in [-0.3, -0.25) is 5.32 Å². The van der Waals surface area contributed by atoms with E-state index >= 15 is 0 Å². The van der Waals surface area contributed by atoms with Crippen LogP contribution in [0.5, 0.6) is 17.2 Å². The van der Waals surface area contributed by atoms with Crippen LogP contribution in [0.25, 0.3) is 0 Å². The molecule has 1 N–H and O–H groups in total. The average Bonchev–Trinajstić information content (AvgIpc) is 2.60. The third kappa shape index (κ3) is 4.29. The zero-order valence-corrected chi connectivity index (χ0v) is 13.3. The van der Waals surface area contributed by atoms with Crippen molar-refractivity contribution in [1.29, 1.82) is 0 Å². The molecule has 0 fully saturated rings. The number of benzene rings is 2. The summed E-state index contributed by atoms with van der Waals surface area (Å²) in [4.78, 5) is 12.0. The first-order chi connectivity index (χ1) is 11.2. The molecule has 6 nitrogen and oxygen atoms in total. The molecule has 0 aliphatic rings. The molecule has 1 amide bonds. The Hall–Kier alpha value is -2.89. The molecule has 0 saturated heterocycles. The van der Waals surface area contributed by atoms with Crippen LogP contribution in [0.4, 0.5) is 10.5 Å². The molecule has 23 heavy (non-hydrogen) atoms. The van der Waals surface area contributed by atoms with Crippen molar-refractivity contribution in [3.8, 4) is 17.2 Å². The Bertz CT molecular complexity index is 632. The number of amides is 1. The topological polar surface area (TPSA) is 66.0 Å². The van der Waals surface area contributed by atoms with Crippen molar-refractivity contribution >= 4 is 11.8 Å². The zero-order valence-electron chi connectivity index (χ0n) is 13.3. The SMILES string of the molecule is COc1cc(OC)c(NC(=O)OCc2ccccc2)c(OC)c1. The highest BCUT2D eigenvalue weighted by molar-refractivity contribution is 5.89. The highest BCUT2D eigenvalue weighted by atomic mass is 16.5. The second-order valence-corrected chi connectivity index (χ2v) is 4.59. The van der Waals surface area contributed by atoms with Gasteiger partial charge in [-0.25, -0.2) is 4.79 Å². The molecule has 0 aromatic heterocycles. The van der Waals surface area contributed by atoms with Crippen LogP contribution in [-0.2, 0) is 11.3 Å². The van der Waals surface area contributed by atoms with Crippen LogP contribution < -0.4 is 19.5 Å². The van der Waals surface area contributed by atoms with Gasteiger partial charge in [-0.15, -0.1) is 0 Å². The van der Waals surface area contributed by atoms with Gasteiger partial charge in [0.25, 0.3) is 0 Å². The number of methoxy groups -OCH3 is 3. The number of ether oxygens (including phenoxy) is 4. The molecule has 0 heterocycles. The third-order valence-electron chi connectivity index (χ3n) is 3.15. The fourth-order valence-corrected chi connectivity index (χ4v) is 1.99. The van der Waals surface area contributed by atoms with Gasteiger partial charge in [-0.2, -0.15) is 0 Å². The van der Waals surface area contributed by atoms with E-state index in [1.165, 1.54) is 21.3 Å². The van der Waals surface area contributed by atoms with Crippen molar-refractivity contribution in [3.05, 3.63) is 48.0 Å². The second kappa shape index (κ2) is 7.93. The summed E-state index contributed by atoms with van der Waals surface area (Å²) in [5.41, 5.74) is 1.28. The Morgan fingerprint density at radius 2 is 1.57 bits per heavy atom. The van der Waals surface area contributed by atoms with Gasteiger partial charge in [0.15, 0.2) is 0 Å². The predicted octanol–water partition coefficient (Wildman–Crippen LogP) is 3.46. The summed E-state index contributed by atoms with van der Waals surface area (Å²) in [7, 11) is 4.53. The predicted molar refractivity (Wildman–Crippen MR) is 86.3 cm³/mol. The van der Waals surface area contributed by atoms with Crippen LogP contribution in [0.2, 0.25) is 0 Å². The van der Waals surface area contributed by atoms with Crippen LogP contribution in [0.15, 0.2) is 42.5 Å². The highest BCUT2D eigenvalue weighted by Crippen LogP contribution is 2.38. The van der Waals surface area contributed by atoms with Crippen molar-refractivity contribution in [1.82, 2.24) is 0 Å². The van der Waals surface area contributed by atoms with Gasteiger partial charge in [-0.1, -0.05) is 30.3 Å². The molecule has 0 atom stereocenters. The number of carbonyl (C=O) groups excluding carboxylic acids is 1. The molecule has 122 valence electrons. The van der Waals surface area contributed by atoms with E-state index in [4.69, 9.17) is 18.9 Å². The number of carbonyl (C=O) groups is 1. The molecule has 0 aliphatic heterocycles. The molecular formula is C17H19NO5. The number of nitrogens with one attached hydrogen (secondary N) is 1. The molecule has 0 saturated carbocycles. The van der Waals surface area contributed by atoms with Gasteiger partial charge in [0, 0.05) is 12.1 Å². The van der Waals surface area contributed by atoms with E-state index in [1.807, 2.05) is 30.3 Å². The summed E-state index contributed by atoms with van der Waals surface area (Å²) >= 11 is 0. The van der Waals surface area contributed by atoms with Gasteiger partial charge < -0.3 is 18.9 Å². The maximum absolute atomic E-state index is 12.0. The molecule has 0 spiro atoms. The lowest BCUT2D eigenvalue weighted by atomic mass is 10.2. The Kier molecular flexibility index (Phi) is 5.68. The lowest BCUT2D eigenvalue weighted by Gasteiger charge is -2.15. The van der Waals surface area contributed by atoms with Crippen LogP contribution in [0.3, 0.4) is 0 Å². The van der Waals surface area contributed by atoms with Gasteiger partial charge in [0.05, 0.1) is 21.3 Å². The van der Waals surface area contributed by atoms with Gasteiger partial charge >= 0.3 is 6.09 Å². The molecule has 0 bridgehead atoms. The van der Waals surface area contributed by atoms with Crippen molar-refractivity contribution in [3.63, 3.8) is 0 Å². The quantitative estimate of drug-likeness (QED) is 0.884. The standard InChI is InChI=1S/C17H19NO5/c1-20-13-9-14(21-2)16(15(10-13)22-3)18-17(19)23-11-12-7-5-4-6-8-12/h4-10H,11H2,1-3H3,(H,18,19). The molecule has 2 rings (SSSR count). The van der Waals surface area contributed by atoms with E-state index in [0.717, 1.165) is 5.56 Å². The Morgan fingerprint density at radius 1 is 0.957 bits per heavy atom. The molecule has 0 unspecified atom stereocenters. The summed E-state index contributed by atoms with van der Waals surface area (Å²) in [5, 5.41) is 2.64. The Labute approximate surface area is 134 Å². The maximum Gasteiger partial charge on any atom is 0.412 e. The number of hydrogen-bond acceptors (Lipinski definition) is 5. The molecular weight excluding hydrogens is 298 g/mol. The Balaban J connectivity index is 2.10. The lowest BCUT2D eigenvalue weighted by molar-refractivity contribution is 0.155. The summed E-state index contributed by atoms with van der Waals surface area (Å²) in [6, 6.07) is 12.7. The number of anilines is 1. The maximum atomic E-state index is 12.0. The van der Waals surface area contributed by atoms with E-state index in [1.54, 1.807) is 12.1 Å². The van der Waals surface area contributed by atoms with Crippen molar-refractivity contribution in [2.24, 2.45) is 0 Å². The largest absolute Gasteiger partial charge is 0.496 e. The van der Waals surface area contributed by atoms with Gasteiger partial charge in [0.1, 0.15) is 29.5 Å². The third-order valence-corrected chi connectivity index (χ3v) is 3.15. The normalized spacial score (nSPS) is 9.87. The first kappa shape index (κ1) is 16.5. The first-order valence-corrected chi connectivity index (χ1v) is 6.95. The molecule has 2 aromatic rings. The zero-order chi connectivity index (χ0) is 16.7. The minimum Gasteiger partial charge on any atom is -0.496 e. The summed E-state index contributed by atoms with van der Waals surface area (Å²) < 4.78 is 20.9. The monoisotopic (exact) mass is 317 g/mol. The fourth-order valence-electron chi connectivity index (χ4n) is 1.99. The lowest BCUT2D eigenvalue weighted by Crippen LogP contribution is -2.15. The summed E-state index contributed by atoms with van der Waals surface area (Å²) in [5.74, 6) is 1.39. The van der Waals surface area contributed by atoms with Crippen molar-refractivity contribution in [2.45, 2.75) is 6.61 Å². The Morgan fingerprint density at radius 3 is 2.09 bits per heavy atom. The number of hydrogen-bond donors (Lipinski definition) is 1. The first-order valence-electron chi connectivity index (χ1n) is 6.95. The van der Waals surface area contributed by atoms with Crippen LogP contribution in [0, 0.1) is 0 Å². The fraction of sp³-hybridized carbons (Fsp3) is 0.235. The van der Waals surface area contributed by atoms with Crippen LogP contribution >= 0.6 is 0 Å². The van der Waals surface area contributed by atoms with Gasteiger partial charge in [-0.05, 0) is 5.56 Å². The minimum atomic E-state index is -0.601. The highest BCUT2D eigenvalue weighted by Gasteiger charge is 2.16. The smallest absolute Gasteiger partial charge is 0.412 e. The van der Waals surface area contributed by atoms with Crippen LogP contribution in [-0.4, -0.2) is 27.4 Å². The van der Waals surface area contributed by atoms with Gasteiger partial charge in [0.2, 0.25) is 0 Å². The molecule has 2 aromatic carbocycles. The van der Waals surface area contributed by atoms with Crippen molar-refractivity contribution < 1.29 is 23.7 Å². The summed E-state index contributed by atoms with van der Waals surface area (Å²) in [6.45, 7) is 0.174. The minimum absolute atomic E-state index is 0.174. The molecule has 0 radical (unpaired) electrons. The van der Waals surface area contributed by atoms with Crippen LogP contribution in [0.1, 0.15) is 5.56 Å². The summed E-state index contributed by atoms with van der Waals surface area (Å²) in [6.07, 6.45) is -0.601. The molecule has 0 aliphatic carbocycles. The average molecular weight is 317 g/mol. The molecule has 6 heteroatoms. The van der Waals surface area contributed by atoms with E-state index in [2.05, 4.69) is 5.32 Å². The van der Waals surface area contributed by atoms with Crippen molar-refractivity contribution in [2.75, 3.05) is 26.6 Å².